The Bertz CT molecular complexity index is 623. The van der Waals surface area contributed by atoms with Crippen LogP contribution in [-0.2, 0) is 10.9 Å². The number of rotatable bonds is 5. The van der Waals surface area contributed by atoms with Gasteiger partial charge in [-0.25, -0.2) is 0 Å². The zero-order valence-electron chi connectivity index (χ0n) is 11.7. The van der Waals surface area contributed by atoms with E-state index in [9.17, 15) is 18.0 Å². The van der Waals surface area contributed by atoms with Crippen LogP contribution in [0.15, 0.2) is 47.1 Å². The Morgan fingerprint density at radius 1 is 1.32 bits per heavy atom. The van der Waals surface area contributed by atoms with E-state index >= 15 is 0 Å². The second-order valence-corrected chi connectivity index (χ2v) is 4.53. The summed E-state index contributed by atoms with van der Waals surface area (Å²) in [7, 11) is 1.45. The molecule has 0 unspecified atom stereocenters. The normalized spacial score (nSPS) is 12.9. The minimum atomic E-state index is -4.49. The van der Waals surface area contributed by atoms with Crippen molar-refractivity contribution in [1.82, 2.24) is 5.32 Å². The van der Waals surface area contributed by atoms with Crippen molar-refractivity contribution in [3.63, 3.8) is 0 Å². The molecule has 0 aliphatic heterocycles. The van der Waals surface area contributed by atoms with Crippen LogP contribution in [0.5, 0.6) is 0 Å². The molecule has 1 heterocycles. The molecule has 1 N–H and O–H groups in total. The van der Waals surface area contributed by atoms with E-state index in [1.54, 1.807) is 12.1 Å². The quantitative estimate of drug-likeness (QED) is 0.920. The first kappa shape index (κ1) is 16.1. The number of nitrogens with one attached hydrogen (secondary N) is 1. The first-order valence-electron chi connectivity index (χ1n) is 6.43. The minimum absolute atomic E-state index is 0.0656. The highest BCUT2D eigenvalue weighted by Crippen LogP contribution is 2.29. The van der Waals surface area contributed by atoms with Crippen LogP contribution in [0.4, 0.5) is 13.2 Å². The van der Waals surface area contributed by atoms with Gasteiger partial charge in [0.05, 0.1) is 18.4 Å². The summed E-state index contributed by atoms with van der Waals surface area (Å²) >= 11 is 0. The Labute approximate surface area is 124 Å². The molecule has 1 aromatic carbocycles. The topological polar surface area (TPSA) is 51.5 Å². The van der Waals surface area contributed by atoms with Gasteiger partial charge in [0, 0.05) is 12.7 Å². The number of carbonyl (C=O) groups is 1. The smallest absolute Gasteiger partial charge is 0.416 e. The van der Waals surface area contributed by atoms with Crippen molar-refractivity contribution < 1.29 is 27.1 Å². The van der Waals surface area contributed by atoms with Crippen LogP contribution in [0.1, 0.15) is 27.8 Å². The molecule has 1 aromatic heterocycles. The van der Waals surface area contributed by atoms with Crippen LogP contribution in [0.2, 0.25) is 0 Å². The maximum atomic E-state index is 12.6. The number of methoxy groups -OCH3 is 1. The van der Waals surface area contributed by atoms with Crippen molar-refractivity contribution in [2.24, 2.45) is 0 Å². The van der Waals surface area contributed by atoms with E-state index in [1.165, 1.54) is 25.5 Å². The highest BCUT2D eigenvalue weighted by atomic mass is 19.4. The molecule has 0 aliphatic carbocycles. The van der Waals surface area contributed by atoms with Gasteiger partial charge in [0.25, 0.3) is 5.91 Å². The molecule has 0 spiro atoms. The van der Waals surface area contributed by atoms with Gasteiger partial charge in [0.1, 0.15) is 11.9 Å². The predicted molar refractivity (Wildman–Crippen MR) is 72.2 cm³/mol. The molecule has 2 rings (SSSR count). The molecule has 22 heavy (non-hydrogen) atoms. The number of ether oxygens (including phenoxy) is 1. The van der Waals surface area contributed by atoms with Gasteiger partial charge in [0.15, 0.2) is 0 Å². The summed E-state index contributed by atoms with van der Waals surface area (Å²) in [5, 5.41) is 2.53. The molecule has 0 fully saturated rings. The molecule has 0 saturated carbocycles. The fraction of sp³-hybridized carbons (Fsp3) is 0.267. The van der Waals surface area contributed by atoms with Crippen molar-refractivity contribution in [2.75, 3.05) is 13.7 Å². The molecule has 0 aliphatic rings. The summed E-state index contributed by atoms with van der Waals surface area (Å²) in [5.74, 6) is -0.0912. The van der Waals surface area contributed by atoms with Gasteiger partial charge < -0.3 is 14.5 Å². The lowest BCUT2D eigenvalue weighted by molar-refractivity contribution is -0.137. The summed E-state index contributed by atoms with van der Waals surface area (Å²) < 4.78 is 48.2. The Morgan fingerprint density at radius 3 is 2.68 bits per heavy atom. The number of benzene rings is 1. The van der Waals surface area contributed by atoms with E-state index in [-0.39, 0.29) is 12.1 Å². The fourth-order valence-electron chi connectivity index (χ4n) is 1.90. The number of carbonyl (C=O) groups excluding carboxylic acids is 1. The van der Waals surface area contributed by atoms with Crippen molar-refractivity contribution in [2.45, 2.75) is 12.3 Å². The second-order valence-electron chi connectivity index (χ2n) is 4.53. The van der Waals surface area contributed by atoms with E-state index in [0.717, 1.165) is 12.1 Å². The van der Waals surface area contributed by atoms with Crippen LogP contribution in [0.25, 0.3) is 0 Å². The van der Waals surface area contributed by atoms with Gasteiger partial charge in [-0.1, -0.05) is 6.07 Å². The van der Waals surface area contributed by atoms with Gasteiger partial charge in [0.2, 0.25) is 0 Å². The highest BCUT2D eigenvalue weighted by molar-refractivity contribution is 5.94. The lowest BCUT2D eigenvalue weighted by atomic mass is 10.1. The number of hydrogen-bond acceptors (Lipinski definition) is 3. The first-order valence-corrected chi connectivity index (χ1v) is 6.43. The second kappa shape index (κ2) is 6.65. The number of alkyl halides is 3. The lowest BCUT2D eigenvalue weighted by Crippen LogP contribution is -2.29. The lowest BCUT2D eigenvalue weighted by Gasteiger charge is -2.14. The zero-order valence-corrected chi connectivity index (χ0v) is 11.7. The maximum absolute atomic E-state index is 12.6. The molecular weight excluding hydrogens is 299 g/mol. The Hall–Kier alpha value is -2.28. The molecule has 0 radical (unpaired) electrons. The summed E-state index contributed by atoms with van der Waals surface area (Å²) in [6.07, 6.45) is -3.53. The van der Waals surface area contributed by atoms with Crippen LogP contribution < -0.4 is 5.32 Å². The average Bonchev–Trinajstić information content (AvgIpc) is 3.01. The largest absolute Gasteiger partial charge is 0.467 e. The number of hydrogen-bond donors (Lipinski definition) is 1. The summed E-state index contributed by atoms with van der Waals surface area (Å²) in [4.78, 5) is 11.9. The van der Waals surface area contributed by atoms with Gasteiger partial charge in [-0.3, -0.25) is 4.79 Å². The summed E-state index contributed by atoms with van der Waals surface area (Å²) in [6, 6.07) is 7.60. The van der Waals surface area contributed by atoms with Crippen molar-refractivity contribution >= 4 is 5.91 Å². The number of halogens is 3. The molecule has 0 bridgehead atoms. The van der Waals surface area contributed by atoms with E-state index in [0.29, 0.717) is 5.76 Å². The molecule has 118 valence electrons. The fourth-order valence-corrected chi connectivity index (χ4v) is 1.90. The first-order chi connectivity index (χ1) is 10.4. The highest BCUT2D eigenvalue weighted by Gasteiger charge is 2.30. The molecule has 1 amide bonds. The molecule has 7 heteroatoms. The number of amides is 1. The summed E-state index contributed by atoms with van der Waals surface area (Å²) in [5.41, 5.74) is -0.932. The Balaban J connectivity index is 2.03. The van der Waals surface area contributed by atoms with Gasteiger partial charge in [-0.2, -0.15) is 13.2 Å². The SMILES string of the molecule is CO[C@H](CNC(=O)c1cccc(C(F)(F)F)c1)c1ccco1. The monoisotopic (exact) mass is 313 g/mol. The summed E-state index contributed by atoms with van der Waals surface area (Å²) in [6.45, 7) is 0.0824. The van der Waals surface area contributed by atoms with Crippen LogP contribution in [0.3, 0.4) is 0 Å². The van der Waals surface area contributed by atoms with Crippen LogP contribution in [-0.4, -0.2) is 19.6 Å². The molecule has 4 nitrogen and oxygen atoms in total. The van der Waals surface area contributed by atoms with Gasteiger partial charge in [-0.15, -0.1) is 0 Å². The van der Waals surface area contributed by atoms with E-state index in [4.69, 9.17) is 9.15 Å². The maximum Gasteiger partial charge on any atom is 0.416 e. The van der Waals surface area contributed by atoms with E-state index in [1.807, 2.05) is 0 Å². The van der Waals surface area contributed by atoms with Crippen molar-refractivity contribution in [3.05, 3.63) is 59.5 Å². The van der Waals surface area contributed by atoms with Gasteiger partial charge in [-0.05, 0) is 30.3 Å². The van der Waals surface area contributed by atoms with Gasteiger partial charge >= 0.3 is 6.18 Å². The third-order valence-corrected chi connectivity index (χ3v) is 3.05. The molecular formula is C15H14F3NO3. The van der Waals surface area contributed by atoms with Crippen molar-refractivity contribution in [3.8, 4) is 0 Å². The standard InChI is InChI=1S/C15H14F3NO3/c1-21-13(12-6-3-7-22-12)9-19-14(20)10-4-2-5-11(8-10)15(16,17)18/h2-8,13H,9H2,1H3,(H,19,20)/t13-/m1/s1. The number of furan rings is 1. The minimum Gasteiger partial charge on any atom is -0.467 e. The molecule has 1 atom stereocenters. The molecule has 2 aromatic rings. The third kappa shape index (κ3) is 3.88. The van der Waals surface area contributed by atoms with E-state index < -0.39 is 23.8 Å². The average molecular weight is 313 g/mol. The predicted octanol–water partition coefficient (Wildman–Crippen LogP) is 3.42. The molecule has 0 saturated heterocycles. The van der Waals surface area contributed by atoms with Crippen molar-refractivity contribution in [1.29, 1.82) is 0 Å². The van der Waals surface area contributed by atoms with E-state index in [2.05, 4.69) is 5.32 Å². The van der Waals surface area contributed by atoms with Crippen LogP contribution in [0, 0.1) is 0 Å². The third-order valence-electron chi connectivity index (χ3n) is 3.05. The van der Waals surface area contributed by atoms with Crippen LogP contribution >= 0.6 is 0 Å². The Kier molecular flexibility index (Phi) is 4.87. The zero-order chi connectivity index (χ0) is 16.2. The Morgan fingerprint density at radius 2 is 2.09 bits per heavy atom.